The molecule has 0 saturated carbocycles. The van der Waals surface area contributed by atoms with Crippen LogP contribution in [0.25, 0.3) is 0 Å². The van der Waals surface area contributed by atoms with E-state index in [4.69, 9.17) is 9.47 Å². The number of hydrogen-bond acceptors (Lipinski definition) is 5. The largest absolute Gasteiger partial charge is 0.494 e. The van der Waals surface area contributed by atoms with Gasteiger partial charge in [0.2, 0.25) is 0 Å². The van der Waals surface area contributed by atoms with E-state index in [9.17, 15) is 4.79 Å². The highest BCUT2D eigenvalue weighted by Gasteiger charge is 2.23. The van der Waals surface area contributed by atoms with E-state index in [0.717, 1.165) is 38.5 Å². The van der Waals surface area contributed by atoms with E-state index in [1.54, 1.807) is 0 Å². The zero-order valence-electron chi connectivity index (χ0n) is 14.4. The number of nitrogens with zero attached hydrogens (tertiary/aromatic N) is 1. The van der Waals surface area contributed by atoms with Gasteiger partial charge >= 0.3 is 0 Å². The van der Waals surface area contributed by atoms with Gasteiger partial charge in [-0.2, -0.15) is 0 Å². The summed E-state index contributed by atoms with van der Waals surface area (Å²) < 4.78 is 11.2. The number of rotatable bonds is 8. The number of piperazine rings is 1. The standard InChI is InChI=1S/C18H28N2O3/c1-4-22-15-6-7-16(17(12-15)23-5-2)18(21)14(3)13-20-10-8-19-9-11-20/h6-7,12,14,19H,4-5,8-11,13H2,1-3H3. The van der Waals surface area contributed by atoms with Gasteiger partial charge in [0.25, 0.3) is 0 Å². The first-order valence-electron chi connectivity index (χ1n) is 8.52. The molecule has 0 radical (unpaired) electrons. The van der Waals surface area contributed by atoms with Gasteiger partial charge in [0.15, 0.2) is 5.78 Å². The maximum atomic E-state index is 12.8. The van der Waals surface area contributed by atoms with E-state index in [2.05, 4.69) is 10.2 Å². The predicted molar refractivity (Wildman–Crippen MR) is 91.6 cm³/mol. The third-order valence-corrected chi connectivity index (χ3v) is 4.02. The molecule has 5 nitrogen and oxygen atoms in total. The average Bonchev–Trinajstić information content (AvgIpc) is 2.56. The molecule has 0 spiro atoms. The molecule has 1 atom stereocenters. The normalized spacial score (nSPS) is 16.8. The number of Topliss-reactive ketones (excluding diaryl/α,β-unsaturated/α-hetero) is 1. The lowest BCUT2D eigenvalue weighted by molar-refractivity contribution is 0.0883. The number of benzene rings is 1. The summed E-state index contributed by atoms with van der Waals surface area (Å²) in [5.74, 6) is 1.44. The Morgan fingerprint density at radius 2 is 1.91 bits per heavy atom. The third kappa shape index (κ3) is 4.94. The number of ether oxygens (including phenoxy) is 2. The fourth-order valence-corrected chi connectivity index (χ4v) is 2.87. The van der Waals surface area contributed by atoms with Gasteiger partial charge in [-0.3, -0.25) is 4.79 Å². The second kappa shape index (κ2) is 8.89. The first-order chi connectivity index (χ1) is 11.2. The molecule has 128 valence electrons. The number of carbonyl (C=O) groups is 1. The maximum Gasteiger partial charge on any atom is 0.170 e. The van der Waals surface area contributed by atoms with E-state index in [-0.39, 0.29) is 11.7 Å². The van der Waals surface area contributed by atoms with Gasteiger partial charge in [0.1, 0.15) is 11.5 Å². The van der Waals surface area contributed by atoms with Crippen molar-refractivity contribution in [3.8, 4) is 11.5 Å². The molecule has 1 fully saturated rings. The van der Waals surface area contributed by atoms with Crippen molar-refractivity contribution in [1.82, 2.24) is 10.2 Å². The predicted octanol–water partition coefficient (Wildman–Crippen LogP) is 2.21. The average molecular weight is 320 g/mol. The molecule has 0 amide bonds. The highest BCUT2D eigenvalue weighted by molar-refractivity contribution is 6.00. The van der Waals surface area contributed by atoms with E-state index >= 15 is 0 Å². The number of ketones is 1. The van der Waals surface area contributed by atoms with Crippen LogP contribution in [0.15, 0.2) is 18.2 Å². The summed E-state index contributed by atoms with van der Waals surface area (Å²) in [7, 11) is 0. The van der Waals surface area contributed by atoms with Crippen molar-refractivity contribution in [3.05, 3.63) is 23.8 Å². The second-order valence-electron chi connectivity index (χ2n) is 5.84. The molecular weight excluding hydrogens is 292 g/mol. The molecule has 0 bridgehead atoms. The van der Waals surface area contributed by atoms with Crippen LogP contribution in [0, 0.1) is 5.92 Å². The van der Waals surface area contributed by atoms with Crippen LogP contribution in [-0.4, -0.2) is 56.6 Å². The van der Waals surface area contributed by atoms with Gasteiger partial charge in [0, 0.05) is 44.7 Å². The summed E-state index contributed by atoms with van der Waals surface area (Å²) in [5.41, 5.74) is 0.651. The Hall–Kier alpha value is -1.59. The molecule has 1 aromatic carbocycles. The summed E-state index contributed by atoms with van der Waals surface area (Å²) in [6.45, 7) is 11.8. The van der Waals surface area contributed by atoms with Gasteiger partial charge < -0.3 is 19.7 Å². The van der Waals surface area contributed by atoms with Crippen molar-refractivity contribution in [2.45, 2.75) is 20.8 Å². The Kier molecular flexibility index (Phi) is 6.86. The van der Waals surface area contributed by atoms with Gasteiger partial charge in [0.05, 0.1) is 18.8 Å². The van der Waals surface area contributed by atoms with Crippen molar-refractivity contribution in [1.29, 1.82) is 0 Å². The Labute approximate surface area is 139 Å². The molecule has 1 heterocycles. The van der Waals surface area contributed by atoms with Crippen molar-refractivity contribution < 1.29 is 14.3 Å². The Bertz CT molecular complexity index is 513. The molecule has 5 heteroatoms. The number of nitrogens with one attached hydrogen (secondary N) is 1. The summed E-state index contributed by atoms with van der Waals surface area (Å²) in [4.78, 5) is 15.2. The van der Waals surface area contributed by atoms with E-state index in [1.807, 2.05) is 39.0 Å². The Balaban J connectivity index is 2.09. The highest BCUT2D eigenvalue weighted by atomic mass is 16.5. The van der Waals surface area contributed by atoms with Gasteiger partial charge in [-0.25, -0.2) is 0 Å². The first kappa shape index (κ1) is 17.8. The SMILES string of the molecule is CCOc1ccc(C(=O)C(C)CN2CCNCC2)c(OCC)c1. The quantitative estimate of drug-likeness (QED) is 0.744. The lowest BCUT2D eigenvalue weighted by Gasteiger charge is -2.29. The Morgan fingerprint density at radius 1 is 1.22 bits per heavy atom. The maximum absolute atomic E-state index is 12.8. The minimum Gasteiger partial charge on any atom is -0.494 e. The van der Waals surface area contributed by atoms with Gasteiger partial charge in [-0.15, -0.1) is 0 Å². The number of hydrogen-bond donors (Lipinski definition) is 1. The van der Waals surface area contributed by atoms with E-state index in [1.165, 1.54) is 0 Å². The van der Waals surface area contributed by atoms with Crippen LogP contribution in [0.3, 0.4) is 0 Å². The van der Waals surface area contributed by atoms with Gasteiger partial charge in [-0.1, -0.05) is 6.92 Å². The molecule has 1 aliphatic heterocycles. The molecule has 1 N–H and O–H groups in total. The van der Waals surface area contributed by atoms with Crippen LogP contribution in [-0.2, 0) is 0 Å². The summed E-state index contributed by atoms with van der Waals surface area (Å²) >= 11 is 0. The zero-order chi connectivity index (χ0) is 16.7. The third-order valence-electron chi connectivity index (χ3n) is 4.02. The van der Waals surface area contributed by atoms with Crippen LogP contribution in [0.2, 0.25) is 0 Å². The van der Waals surface area contributed by atoms with E-state index < -0.39 is 0 Å². The fraction of sp³-hybridized carbons (Fsp3) is 0.611. The van der Waals surface area contributed by atoms with Crippen LogP contribution in [0.4, 0.5) is 0 Å². The molecule has 2 rings (SSSR count). The number of carbonyl (C=O) groups excluding carboxylic acids is 1. The highest BCUT2D eigenvalue weighted by Crippen LogP contribution is 2.27. The zero-order valence-corrected chi connectivity index (χ0v) is 14.4. The van der Waals surface area contributed by atoms with Gasteiger partial charge in [-0.05, 0) is 26.0 Å². The van der Waals surface area contributed by atoms with Crippen LogP contribution >= 0.6 is 0 Å². The minimum absolute atomic E-state index is 0.0507. The van der Waals surface area contributed by atoms with Crippen LogP contribution in [0.1, 0.15) is 31.1 Å². The summed E-state index contributed by atoms with van der Waals surface area (Å²) in [6.07, 6.45) is 0. The van der Waals surface area contributed by atoms with Crippen molar-refractivity contribution in [2.24, 2.45) is 5.92 Å². The molecule has 1 aromatic rings. The lowest BCUT2D eigenvalue weighted by Crippen LogP contribution is -2.45. The Morgan fingerprint density at radius 3 is 2.57 bits per heavy atom. The van der Waals surface area contributed by atoms with Crippen molar-refractivity contribution in [2.75, 3.05) is 45.9 Å². The van der Waals surface area contributed by atoms with Crippen molar-refractivity contribution in [3.63, 3.8) is 0 Å². The molecule has 0 aromatic heterocycles. The topological polar surface area (TPSA) is 50.8 Å². The molecule has 1 unspecified atom stereocenters. The lowest BCUT2D eigenvalue weighted by atomic mass is 9.97. The summed E-state index contributed by atoms with van der Waals surface area (Å²) in [6, 6.07) is 5.49. The molecule has 23 heavy (non-hydrogen) atoms. The monoisotopic (exact) mass is 320 g/mol. The molecular formula is C18H28N2O3. The van der Waals surface area contributed by atoms with E-state index in [0.29, 0.717) is 24.5 Å². The molecule has 1 aliphatic rings. The minimum atomic E-state index is -0.0507. The smallest absolute Gasteiger partial charge is 0.170 e. The first-order valence-corrected chi connectivity index (χ1v) is 8.52. The van der Waals surface area contributed by atoms with Crippen molar-refractivity contribution >= 4 is 5.78 Å². The fourth-order valence-electron chi connectivity index (χ4n) is 2.87. The molecule has 0 aliphatic carbocycles. The molecule has 1 saturated heterocycles. The summed E-state index contributed by atoms with van der Waals surface area (Å²) in [5, 5.41) is 3.33. The van der Waals surface area contributed by atoms with Crippen LogP contribution < -0.4 is 14.8 Å². The van der Waals surface area contributed by atoms with Crippen LogP contribution in [0.5, 0.6) is 11.5 Å². The second-order valence-corrected chi connectivity index (χ2v) is 5.84.